The van der Waals surface area contributed by atoms with Gasteiger partial charge in [-0.05, 0) is 48.4 Å². The van der Waals surface area contributed by atoms with Gasteiger partial charge < -0.3 is 4.74 Å². The first-order valence-electron chi connectivity index (χ1n) is 4.16. The van der Waals surface area contributed by atoms with E-state index in [2.05, 4.69) is 6.58 Å². The molecule has 0 fully saturated rings. The average Bonchev–Trinajstić information content (AvgIpc) is 2.15. The molecule has 0 spiro atoms. The number of hydrogen-bond acceptors (Lipinski definition) is 2. The molecule has 0 N–H and O–H groups in total. The predicted octanol–water partition coefficient (Wildman–Crippen LogP) is 3.02. The minimum absolute atomic E-state index is 0.462. The maximum absolute atomic E-state index is 10.7. The molecule has 1 aromatic carbocycles. The molecule has 0 heterocycles. The van der Waals surface area contributed by atoms with Crippen LogP contribution in [0.15, 0.2) is 36.4 Å². The van der Waals surface area contributed by atoms with Crippen LogP contribution in [0.25, 0.3) is 0 Å². The van der Waals surface area contributed by atoms with Crippen LogP contribution in [0.1, 0.15) is 17.3 Å². The Labute approximate surface area is 88.1 Å². The van der Waals surface area contributed by atoms with E-state index in [0.717, 1.165) is 5.57 Å². The minimum Gasteiger partial charge on any atom is -0.489 e. The first-order valence-corrected chi connectivity index (χ1v) is 4.54. The van der Waals surface area contributed by atoms with Crippen LogP contribution in [0.2, 0.25) is 0 Å². The van der Waals surface area contributed by atoms with Gasteiger partial charge in [0.15, 0.2) is 0 Å². The predicted molar refractivity (Wildman–Crippen MR) is 56.9 cm³/mol. The topological polar surface area (TPSA) is 26.3 Å². The number of ether oxygens (including phenoxy) is 1. The number of halogens is 1. The molecule has 0 amide bonds. The summed E-state index contributed by atoms with van der Waals surface area (Å²) in [5, 5.41) is -0.462. The van der Waals surface area contributed by atoms with E-state index in [9.17, 15) is 4.79 Å². The van der Waals surface area contributed by atoms with Crippen LogP contribution in [0.4, 0.5) is 0 Å². The lowest BCUT2D eigenvalue weighted by molar-refractivity contribution is 0.108. The summed E-state index contributed by atoms with van der Waals surface area (Å²) in [6.45, 7) is 6.08. The van der Waals surface area contributed by atoms with Crippen LogP contribution >= 0.6 is 11.6 Å². The van der Waals surface area contributed by atoms with Crippen molar-refractivity contribution in [1.82, 2.24) is 0 Å². The molecule has 0 radical (unpaired) electrons. The van der Waals surface area contributed by atoms with Crippen molar-refractivity contribution in [1.29, 1.82) is 0 Å². The van der Waals surface area contributed by atoms with Crippen LogP contribution < -0.4 is 4.74 Å². The van der Waals surface area contributed by atoms with Gasteiger partial charge in [-0.25, -0.2) is 0 Å². The van der Waals surface area contributed by atoms with Crippen LogP contribution in [0, 0.1) is 0 Å². The van der Waals surface area contributed by atoms with Gasteiger partial charge in [-0.1, -0.05) is 6.58 Å². The molecule has 0 aromatic heterocycles. The van der Waals surface area contributed by atoms with E-state index in [4.69, 9.17) is 16.3 Å². The van der Waals surface area contributed by atoms with Crippen molar-refractivity contribution >= 4 is 16.8 Å². The smallest absolute Gasteiger partial charge is 0.252 e. The van der Waals surface area contributed by atoms with Crippen molar-refractivity contribution in [3.63, 3.8) is 0 Å². The maximum atomic E-state index is 10.7. The molecule has 14 heavy (non-hydrogen) atoms. The van der Waals surface area contributed by atoms with Gasteiger partial charge in [0.05, 0.1) is 0 Å². The molecule has 74 valence electrons. The summed E-state index contributed by atoms with van der Waals surface area (Å²) in [5.41, 5.74) is 1.41. The number of carbonyl (C=O) groups is 1. The number of rotatable bonds is 4. The highest BCUT2D eigenvalue weighted by molar-refractivity contribution is 6.67. The Balaban J connectivity index is 2.64. The molecule has 0 saturated heterocycles. The Morgan fingerprint density at radius 2 is 2.00 bits per heavy atom. The number of benzene rings is 1. The van der Waals surface area contributed by atoms with Crippen LogP contribution in [-0.4, -0.2) is 11.8 Å². The first-order chi connectivity index (χ1) is 6.59. The second-order valence-electron chi connectivity index (χ2n) is 3.04. The standard InChI is InChI=1S/C11H11ClO2/c1-8(2)7-14-10-5-3-9(4-6-10)11(12)13/h3-6H,1,7H2,2H3. The minimum atomic E-state index is -0.462. The fourth-order valence-corrected chi connectivity index (χ4v) is 1.01. The van der Waals surface area contributed by atoms with Crippen molar-refractivity contribution < 1.29 is 9.53 Å². The van der Waals surface area contributed by atoms with E-state index < -0.39 is 5.24 Å². The third kappa shape index (κ3) is 3.23. The summed E-state index contributed by atoms with van der Waals surface area (Å²) >= 11 is 5.29. The molecule has 0 aliphatic rings. The van der Waals surface area contributed by atoms with E-state index in [1.54, 1.807) is 24.3 Å². The zero-order valence-electron chi connectivity index (χ0n) is 7.92. The second kappa shape index (κ2) is 4.82. The van der Waals surface area contributed by atoms with Crippen LogP contribution in [-0.2, 0) is 0 Å². The maximum Gasteiger partial charge on any atom is 0.252 e. The lowest BCUT2D eigenvalue weighted by Crippen LogP contribution is -1.97. The highest BCUT2D eigenvalue weighted by atomic mass is 35.5. The molecule has 0 bridgehead atoms. The Kier molecular flexibility index (Phi) is 3.72. The molecule has 3 heteroatoms. The fourth-order valence-electron chi connectivity index (χ4n) is 0.889. The molecule has 2 nitrogen and oxygen atoms in total. The van der Waals surface area contributed by atoms with E-state index >= 15 is 0 Å². The Morgan fingerprint density at radius 3 is 2.43 bits per heavy atom. The molecule has 0 aliphatic carbocycles. The van der Waals surface area contributed by atoms with Gasteiger partial charge in [-0.15, -0.1) is 0 Å². The molecule has 1 rings (SSSR count). The summed E-state index contributed by atoms with van der Waals surface area (Å²) in [7, 11) is 0. The van der Waals surface area contributed by atoms with Gasteiger partial charge in [0.25, 0.3) is 5.24 Å². The first kappa shape index (κ1) is 10.8. The van der Waals surface area contributed by atoms with Crippen molar-refractivity contribution in [2.45, 2.75) is 6.92 Å². The molecular weight excluding hydrogens is 200 g/mol. The van der Waals surface area contributed by atoms with Crippen LogP contribution in [0.3, 0.4) is 0 Å². The Morgan fingerprint density at radius 1 is 1.43 bits per heavy atom. The lowest BCUT2D eigenvalue weighted by Gasteiger charge is -2.05. The molecular formula is C11H11ClO2. The van der Waals surface area contributed by atoms with Gasteiger partial charge in [-0.2, -0.15) is 0 Å². The number of hydrogen-bond donors (Lipinski definition) is 0. The largest absolute Gasteiger partial charge is 0.489 e. The van der Waals surface area contributed by atoms with Gasteiger partial charge in [-0.3, -0.25) is 4.79 Å². The van der Waals surface area contributed by atoms with Gasteiger partial charge in [0.1, 0.15) is 12.4 Å². The van der Waals surface area contributed by atoms with E-state index in [0.29, 0.717) is 17.9 Å². The number of carbonyl (C=O) groups excluding carboxylic acids is 1. The van der Waals surface area contributed by atoms with Crippen LogP contribution in [0.5, 0.6) is 5.75 Å². The summed E-state index contributed by atoms with van der Waals surface area (Å²) in [6, 6.07) is 6.67. The molecule has 0 unspecified atom stereocenters. The Bertz CT molecular complexity index is 341. The van der Waals surface area contributed by atoms with E-state index in [-0.39, 0.29) is 0 Å². The molecule has 0 aliphatic heterocycles. The molecule has 0 saturated carbocycles. The monoisotopic (exact) mass is 210 g/mol. The van der Waals surface area contributed by atoms with Gasteiger partial charge in [0, 0.05) is 5.56 Å². The second-order valence-corrected chi connectivity index (χ2v) is 3.39. The fraction of sp³-hybridized carbons (Fsp3) is 0.182. The van der Waals surface area contributed by atoms with Crippen molar-refractivity contribution in [3.05, 3.63) is 42.0 Å². The highest BCUT2D eigenvalue weighted by Gasteiger charge is 2.00. The van der Waals surface area contributed by atoms with Gasteiger partial charge in [0.2, 0.25) is 0 Å². The lowest BCUT2D eigenvalue weighted by atomic mass is 10.2. The Hall–Kier alpha value is -1.28. The normalized spacial score (nSPS) is 9.57. The zero-order valence-corrected chi connectivity index (χ0v) is 8.67. The van der Waals surface area contributed by atoms with Gasteiger partial charge >= 0.3 is 0 Å². The molecule has 1 aromatic rings. The zero-order chi connectivity index (χ0) is 10.6. The van der Waals surface area contributed by atoms with E-state index in [1.807, 2.05) is 6.92 Å². The third-order valence-corrected chi connectivity index (χ3v) is 1.78. The quantitative estimate of drug-likeness (QED) is 0.564. The van der Waals surface area contributed by atoms with Crippen molar-refractivity contribution in [2.75, 3.05) is 6.61 Å². The summed E-state index contributed by atoms with van der Waals surface area (Å²) in [4.78, 5) is 10.7. The van der Waals surface area contributed by atoms with Crippen molar-refractivity contribution in [3.8, 4) is 5.75 Å². The third-order valence-electron chi connectivity index (χ3n) is 1.57. The van der Waals surface area contributed by atoms with E-state index in [1.165, 1.54) is 0 Å². The SMILES string of the molecule is C=C(C)COc1ccc(C(=O)Cl)cc1. The summed E-state index contributed by atoms with van der Waals surface area (Å²) < 4.78 is 5.35. The van der Waals surface area contributed by atoms with Crippen molar-refractivity contribution in [2.24, 2.45) is 0 Å². The summed E-state index contributed by atoms with van der Waals surface area (Å²) in [6.07, 6.45) is 0. The summed E-state index contributed by atoms with van der Waals surface area (Å²) in [5.74, 6) is 0.703. The highest BCUT2D eigenvalue weighted by Crippen LogP contribution is 2.14. The average molecular weight is 211 g/mol. The molecule has 0 atom stereocenters.